The molecule has 0 radical (unpaired) electrons. The molecule has 1 heterocycles. The van der Waals surface area contributed by atoms with Crippen LogP contribution in [0.5, 0.6) is 5.75 Å². The van der Waals surface area contributed by atoms with Crippen molar-refractivity contribution in [1.82, 2.24) is 0 Å². The molecule has 24 heavy (non-hydrogen) atoms. The molecule has 1 fully saturated rings. The van der Waals surface area contributed by atoms with Crippen LogP contribution in [-0.2, 0) is 10.0 Å². The van der Waals surface area contributed by atoms with Crippen LogP contribution >= 0.6 is 23.2 Å². The second-order valence-corrected chi connectivity index (χ2v) is 8.08. The van der Waals surface area contributed by atoms with Gasteiger partial charge in [0.2, 0.25) is 0 Å². The van der Waals surface area contributed by atoms with Gasteiger partial charge in [0.25, 0.3) is 10.0 Å². The van der Waals surface area contributed by atoms with Gasteiger partial charge >= 0.3 is 0 Å². The third-order valence-corrected chi connectivity index (χ3v) is 5.77. The van der Waals surface area contributed by atoms with E-state index in [0.717, 1.165) is 24.8 Å². The Morgan fingerprint density at radius 2 is 1.67 bits per heavy atom. The lowest BCUT2D eigenvalue weighted by molar-refractivity contribution is 0.459. The topological polar surface area (TPSA) is 69.6 Å². The molecule has 0 spiro atoms. The highest BCUT2D eigenvalue weighted by molar-refractivity contribution is 7.92. The van der Waals surface area contributed by atoms with Gasteiger partial charge in [0.15, 0.2) is 5.75 Å². The highest BCUT2D eigenvalue weighted by atomic mass is 35.5. The van der Waals surface area contributed by atoms with Crippen molar-refractivity contribution in [3.63, 3.8) is 0 Å². The summed E-state index contributed by atoms with van der Waals surface area (Å²) in [6, 6.07) is 9.55. The van der Waals surface area contributed by atoms with Crippen LogP contribution in [-0.4, -0.2) is 26.6 Å². The third kappa shape index (κ3) is 3.55. The number of hydrogen-bond acceptors (Lipinski definition) is 4. The summed E-state index contributed by atoms with van der Waals surface area (Å²) in [5.74, 6) is -0.526. The Morgan fingerprint density at radius 1 is 1.04 bits per heavy atom. The van der Waals surface area contributed by atoms with Crippen molar-refractivity contribution in [1.29, 1.82) is 0 Å². The summed E-state index contributed by atoms with van der Waals surface area (Å²) >= 11 is 11.6. The largest absolute Gasteiger partial charge is 0.505 e. The van der Waals surface area contributed by atoms with Gasteiger partial charge in [-0.2, -0.15) is 0 Å². The van der Waals surface area contributed by atoms with Gasteiger partial charge in [-0.05, 0) is 49.2 Å². The van der Waals surface area contributed by atoms with Gasteiger partial charge in [-0.25, -0.2) is 8.42 Å². The van der Waals surface area contributed by atoms with Crippen LogP contribution in [0.15, 0.2) is 41.3 Å². The summed E-state index contributed by atoms with van der Waals surface area (Å²) < 4.78 is 27.4. The molecule has 1 saturated heterocycles. The highest BCUT2D eigenvalue weighted by Gasteiger charge is 2.22. The molecule has 3 rings (SSSR count). The molecular weight excluding hydrogens is 371 g/mol. The number of hydrogen-bond donors (Lipinski definition) is 2. The summed E-state index contributed by atoms with van der Waals surface area (Å²) in [5.41, 5.74) is 1.46. The zero-order chi connectivity index (χ0) is 17.3. The smallest absolute Gasteiger partial charge is 0.265 e. The molecule has 2 aromatic carbocycles. The van der Waals surface area contributed by atoms with Crippen LogP contribution in [0.25, 0.3) is 0 Å². The molecule has 2 N–H and O–H groups in total. The zero-order valence-electron chi connectivity index (χ0n) is 12.7. The van der Waals surface area contributed by atoms with Gasteiger partial charge in [0.05, 0.1) is 5.02 Å². The minimum atomic E-state index is -4.00. The number of nitrogens with zero attached hydrogens (tertiary/aromatic N) is 1. The maximum Gasteiger partial charge on any atom is 0.265 e. The normalized spacial score (nSPS) is 14.8. The summed E-state index contributed by atoms with van der Waals surface area (Å²) in [5, 5.41) is 9.92. The monoisotopic (exact) mass is 386 g/mol. The molecule has 0 amide bonds. The van der Waals surface area contributed by atoms with E-state index in [9.17, 15) is 13.5 Å². The van der Waals surface area contributed by atoms with Crippen LogP contribution < -0.4 is 9.62 Å². The standard InChI is InChI=1S/C16H16Cl2N2O3S/c17-11-9-14(18)16(21)15(10-11)24(22,23)19-12-3-5-13(6-4-12)20-7-1-2-8-20/h3-6,9-10,19,21H,1-2,7-8H2. The van der Waals surface area contributed by atoms with Crippen molar-refractivity contribution in [2.75, 3.05) is 22.7 Å². The Bertz CT molecular complexity index is 848. The summed E-state index contributed by atoms with van der Waals surface area (Å²) in [6.45, 7) is 2.03. The molecule has 0 atom stereocenters. The number of nitrogens with one attached hydrogen (secondary N) is 1. The lowest BCUT2D eigenvalue weighted by atomic mass is 10.2. The van der Waals surface area contributed by atoms with Crippen molar-refractivity contribution in [3.05, 3.63) is 46.4 Å². The van der Waals surface area contributed by atoms with Crippen LogP contribution in [0.3, 0.4) is 0 Å². The number of benzene rings is 2. The molecule has 2 aromatic rings. The minimum absolute atomic E-state index is 0.118. The van der Waals surface area contributed by atoms with Crippen molar-refractivity contribution < 1.29 is 13.5 Å². The average Bonchev–Trinajstić information content (AvgIpc) is 3.05. The first kappa shape index (κ1) is 17.2. The van der Waals surface area contributed by atoms with Gasteiger partial charge in [0.1, 0.15) is 4.90 Å². The molecular formula is C16H16Cl2N2O3S. The Labute approximate surface area is 150 Å². The molecule has 5 nitrogen and oxygen atoms in total. The predicted octanol–water partition coefficient (Wildman–Crippen LogP) is 4.10. The fourth-order valence-corrected chi connectivity index (χ4v) is 4.49. The second kappa shape index (κ2) is 6.70. The van der Waals surface area contributed by atoms with Gasteiger partial charge in [-0.15, -0.1) is 0 Å². The lowest BCUT2D eigenvalue weighted by Crippen LogP contribution is -2.17. The number of aromatic hydroxyl groups is 1. The van der Waals surface area contributed by atoms with E-state index in [-0.39, 0.29) is 14.9 Å². The first-order chi connectivity index (χ1) is 11.4. The molecule has 0 aromatic heterocycles. The van der Waals surface area contributed by atoms with Crippen LogP contribution in [0.2, 0.25) is 10.0 Å². The van der Waals surface area contributed by atoms with E-state index in [1.165, 1.54) is 18.9 Å². The lowest BCUT2D eigenvalue weighted by Gasteiger charge is -2.18. The molecule has 0 unspecified atom stereocenters. The number of phenols is 1. The number of sulfonamides is 1. The van der Waals surface area contributed by atoms with Crippen molar-refractivity contribution in [2.24, 2.45) is 0 Å². The number of anilines is 2. The Morgan fingerprint density at radius 3 is 2.29 bits per heavy atom. The van der Waals surface area contributed by atoms with Gasteiger partial charge < -0.3 is 10.0 Å². The van der Waals surface area contributed by atoms with E-state index in [2.05, 4.69) is 9.62 Å². The fraction of sp³-hybridized carbons (Fsp3) is 0.250. The molecule has 0 saturated carbocycles. The molecule has 1 aliphatic heterocycles. The Hall–Kier alpha value is -1.63. The quantitative estimate of drug-likeness (QED) is 0.829. The molecule has 0 aliphatic carbocycles. The van der Waals surface area contributed by atoms with E-state index in [4.69, 9.17) is 23.2 Å². The van der Waals surface area contributed by atoms with E-state index >= 15 is 0 Å². The SMILES string of the molecule is O=S(=O)(Nc1ccc(N2CCCC2)cc1)c1cc(Cl)cc(Cl)c1O. The second-order valence-electron chi connectivity index (χ2n) is 5.58. The highest BCUT2D eigenvalue weighted by Crippen LogP contribution is 2.35. The molecule has 8 heteroatoms. The van der Waals surface area contributed by atoms with Gasteiger partial charge in [-0.3, -0.25) is 4.72 Å². The van der Waals surface area contributed by atoms with Crippen molar-refractivity contribution in [2.45, 2.75) is 17.7 Å². The Kier molecular flexibility index (Phi) is 4.80. The van der Waals surface area contributed by atoms with Crippen molar-refractivity contribution in [3.8, 4) is 5.75 Å². The van der Waals surface area contributed by atoms with E-state index in [1.807, 2.05) is 12.1 Å². The first-order valence-corrected chi connectivity index (χ1v) is 9.66. The minimum Gasteiger partial charge on any atom is -0.505 e. The Balaban J connectivity index is 1.84. The number of rotatable bonds is 4. The van der Waals surface area contributed by atoms with Crippen LogP contribution in [0, 0.1) is 0 Å². The zero-order valence-corrected chi connectivity index (χ0v) is 15.0. The average molecular weight is 387 g/mol. The number of halogens is 2. The molecule has 1 aliphatic rings. The summed E-state index contributed by atoms with van der Waals surface area (Å²) in [7, 11) is -4.00. The summed E-state index contributed by atoms with van der Waals surface area (Å²) in [4.78, 5) is 1.89. The van der Waals surface area contributed by atoms with E-state index < -0.39 is 15.8 Å². The van der Waals surface area contributed by atoms with E-state index in [0.29, 0.717) is 5.69 Å². The molecule has 128 valence electrons. The van der Waals surface area contributed by atoms with Gasteiger partial charge in [0, 0.05) is 29.5 Å². The van der Waals surface area contributed by atoms with Crippen LogP contribution in [0.4, 0.5) is 11.4 Å². The van der Waals surface area contributed by atoms with Crippen molar-refractivity contribution >= 4 is 44.6 Å². The first-order valence-electron chi connectivity index (χ1n) is 7.43. The van der Waals surface area contributed by atoms with Crippen LogP contribution in [0.1, 0.15) is 12.8 Å². The maximum atomic E-state index is 12.5. The van der Waals surface area contributed by atoms with E-state index in [1.54, 1.807) is 12.1 Å². The third-order valence-electron chi connectivity index (χ3n) is 3.87. The number of phenolic OH excluding ortho intramolecular Hbond substituents is 1. The summed E-state index contributed by atoms with van der Waals surface area (Å²) in [6.07, 6.45) is 2.34. The fourth-order valence-electron chi connectivity index (χ4n) is 2.67. The molecule has 0 bridgehead atoms. The van der Waals surface area contributed by atoms with Gasteiger partial charge in [-0.1, -0.05) is 23.2 Å². The maximum absolute atomic E-state index is 12.5. The predicted molar refractivity (Wildman–Crippen MR) is 96.8 cm³/mol.